The van der Waals surface area contributed by atoms with Crippen LogP contribution in [0.15, 0.2) is 12.1 Å². The number of carbonyl (C=O) groups is 1. The highest BCUT2D eigenvalue weighted by Crippen LogP contribution is 2.39. The van der Waals surface area contributed by atoms with Gasteiger partial charge in [0, 0.05) is 25.2 Å². The van der Waals surface area contributed by atoms with E-state index in [1.54, 1.807) is 19.1 Å². The average Bonchev–Trinajstić information content (AvgIpc) is 3.00. The van der Waals surface area contributed by atoms with Gasteiger partial charge in [-0.3, -0.25) is 4.90 Å². The fraction of sp³-hybridized carbons (Fsp3) is 0.412. The number of aromatic nitrogens is 1. The van der Waals surface area contributed by atoms with Gasteiger partial charge in [0.05, 0.1) is 29.0 Å². The van der Waals surface area contributed by atoms with E-state index < -0.39 is 5.97 Å². The summed E-state index contributed by atoms with van der Waals surface area (Å²) in [5.41, 5.74) is 1.14. The zero-order valence-corrected chi connectivity index (χ0v) is 16.5. The average molecular weight is 417 g/mol. The van der Waals surface area contributed by atoms with Crippen molar-refractivity contribution >= 4 is 40.5 Å². The lowest BCUT2D eigenvalue weighted by atomic mass is 10.2. The predicted molar refractivity (Wildman–Crippen MR) is 102 cm³/mol. The SMILES string of the molecule is Cc1nc(-c2cc(Cl)c(OCCN3CCOCC3)c(Cl)c2)sc1C(=O)O. The smallest absolute Gasteiger partial charge is 0.347 e. The van der Waals surface area contributed by atoms with Gasteiger partial charge in [-0.1, -0.05) is 23.2 Å². The number of ether oxygens (including phenoxy) is 2. The fourth-order valence-corrected chi connectivity index (χ4v) is 4.13. The molecule has 0 aliphatic carbocycles. The fourth-order valence-electron chi connectivity index (χ4n) is 2.64. The van der Waals surface area contributed by atoms with Gasteiger partial charge < -0.3 is 14.6 Å². The Balaban J connectivity index is 1.71. The summed E-state index contributed by atoms with van der Waals surface area (Å²) in [6.45, 7) is 6.15. The van der Waals surface area contributed by atoms with Crippen LogP contribution in [0.3, 0.4) is 0 Å². The van der Waals surface area contributed by atoms with Gasteiger partial charge in [-0.25, -0.2) is 9.78 Å². The second kappa shape index (κ2) is 8.54. The van der Waals surface area contributed by atoms with E-state index in [9.17, 15) is 9.90 Å². The zero-order chi connectivity index (χ0) is 18.7. The second-order valence-corrected chi connectivity index (χ2v) is 7.62. The van der Waals surface area contributed by atoms with E-state index in [1.807, 2.05) is 0 Å². The standard InChI is InChI=1S/C17H18Cl2N2O4S/c1-10-15(17(22)23)26-16(20-10)11-8-12(18)14(13(19)9-11)25-7-4-21-2-5-24-6-3-21/h8-9H,2-7H2,1H3,(H,22,23). The molecule has 2 aromatic rings. The molecule has 0 bridgehead atoms. The number of thiazole rings is 1. The highest BCUT2D eigenvalue weighted by molar-refractivity contribution is 7.17. The van der Waals surface area contributed by atoms with Gasteiger partial charge in [0.25, 0.3) is 0 Å². The summed E-state index contributed by atoms with van der Waals surface area (Å²) >= 11 is 13.8. The number of hydrogen-bond donors (Lipinski definition) is 1. The highest BCUT2D eigenvalue weighted by atomic mass is 35.5. The minimum atomic E-state index is -0.994. The minimum Gasteiger partial charge on any atom is -0.489 e. The largest absolute Gasteiger partial charge is 0.489 e. The highest BCUT2D eigenvalue weighted by Gasteiger charge is 2.18. The summed E-state index contributed by atoms with van der Waals surface area (Å²) in [7, 11) is 0. The summed E-state index contributed by atoms with van der Waals surface area (Å²) in [5, 5.41) is 10.5. The number of nitrogens with zero attached hydrogens (tertiary/aromatic N) is 2. The lowest BCUT2D eigenvalue weighted by molar-refractivity contribution is 0.0322. The van der Waals surface area contributed by atoms with Crippen LogP contribution in [0.5, 0.6) is 5.75 Å². The van der Waals surface area contributed by atoms with Crippen LogP contribution in [0.25, 0.3) is 10.6 Å². The van der Waals surface area contributed by atoms with Gasteiger partial charge in [-0.05, 0) is 19.1 Å². The number of aromatic carboxylic acids is 1. The first-order valence-corrected chi connectivity index (χ1v) is 9.66. The number of halogens is 2. The molecule has 1 aliphatic heterocycles. The topological polar surface area (TPSA) is 71.9 Å². The Hall–Kier alpha value is -1.38. The van der Waals surface area contributed by atoms with E-state index in [-0.39, 0.29) is 4.88 Å². The summed E-state index contributed by atoms with van der Waals surface area (Å²) in [4.78, 5) is 18.0. The molecule has 3 rings (SSSR count). The first-order valence-electron chi connectivity index (χ1n) is 8.08. The first kappa shape index (κ1) is 19.4. The van der Waals surface area contributed by atoms with Crippen LogP contribution < -0.4 is 4.74 Å². The van der Waals surface area contributed by atoms with Crippen LogP contribution in [0, 0.1) is 6.92 Å². The van der Waals surface area contributed by atoms with Crippen molar-refractivity contribution < 1.29 is 19.4 Å². The van der Waals surface area contributed by atoms with E-state index in [1.165, 1.54) is 0 Å². The van der Waals surface area contributed by atoms with Gasteiger partial charge in [-0.2, -0.15) is 0 Å². The number of aryl methyl sites for hydroxylation is 1. The third kappa shape index (κ3) is 4.47. The van der Waals surface area contributed by atoms with Crippen molar-refractivity contribution in [3.63, 3.8) is 0 Å². The summed E-state index contributed by atoms with van der Waals surface area (Å²) in [5.74, 6) is -0.566. The molecule has 1 aliphatic rings. The van der Waals surface area contributed by atoms with Crippen LogP contribution in [0.1, 0.15) is 15.4 Å². The van der Waals surface area contributed by atoms with E-state index in [0.29, 0.717) is 38.7 Å². The molecule has 1 aromatic heterocycles. The minimum absolute atomic E-state index is 0.207. The Bertz CT molecular complexity index is 783. The molecule has 0 unspecified atom stereocenters. The number of benzene rings is 1. The molecule has 0 amide bonds. The van der Waals surface area contributed by atoms with E-state index >= 15 is 0 Å². The molecule has 1 saturated heterocycles. The van der Waals surface area contributed by atoms with E-state index in [2.05, 4.69) is 9.88 Å². The number of hydrogen-bond acceptors (Lipinski definition) is 6. The zero-order valence-electron chi connectivity index (χ0n) is 14.1. The molecule has 6 nitrogen and oxygen atoms in total. The quantitative estimate of drug-likeness (QED) is 0.770. The predicted octanol–water partition coefficient (Wildman–Crippen LogP) is 3.83. The van der Waals surface area contributed by atoms with Gasteiger partial charge >= 0.3 is 5.97 Å². The van der Waals surface area contributed by atoms with E-state index in [0.717, 1.165) is 44.2 Å². The molecule has 1 N–H and O–H groups in total. The third-order valence-electron chi connectivity index (χ3n) is 3.99. The number of carboxylic acid groups (broad SMARTS) is 1. The lowest BCUT2D eigenvalue weighted by Gasteiger charge is -2.26. The molecule has 2 heterocycles. The Labute approximate surface area is 165 Å². The molecule has 1 fully saturated rings. The monoisotopic (exact) mass is 416 g/mol. The molecular weight excluding hydrogens is 399 g/mol. The molecule has 0 saturated carbocycles. The second-order valence-electron chi connectivity index (χ2n) is 5.81. The maximum atomic E-state index is 11.2. The Morgan fingerprint density at radius 3 is 2.58 bits per heavy atom. The summed E-state index contributed by atoms with van der Waals surface area (Å²) < 4.78 is 11.1. The Kier molecular flexibility index (Phi) is 6.37. The van der Waals surface area contributed by atoms with Gasteiger partial charge in [-0.15, -0.1) is 11.3 Å². The molecule has 140 valence electrons. The maximum Gasteiger partial charge on any atom is 0.347 e. The third-order valence-corrected chi connectivity index (χ3v) is 5.75. The Morgan fingerprint density at radius 1 is 1.35 bits per heavy atom. The van der Waals surface area contributed by atoms with Crippen LogP contribution in [-0.4, -0.2) is 60.4 Å². The first-order chi connectivity index (χ1) is 12.5. The van der Waals surface area contributed by atoms with Crippen LogP contribution >= 0.6 is 34.5 Å². The Morgan fingerprint density at radius 2 is 2.00 bits per heavy atom. The van der Waals surface area contributed by atoms with Crippen LogP contribution in [0.4, 0.5) is 0 Å². The molecule has 9 heteroatoms. The molecule has 1 aromatic carbocycles. The normalized spacial score (nSPS) is 15.2. The molecule has 26 heavy (non-hydrogen) atoms. The van der Waals surface area contributed by atoms with Crippen molar-refractivity contribution in [1.29, 1.82) is 0 Å². The van der Waals surface area contributed by atoms with Crippen molar-refractivity contribution in [1.82, 2.24) is 9.88 Å². The molecular formula is C17H18Cl2N2O4S. The van der Waals surface area contributed by atoms with Gasteiger partial charge in [0.15, 0.2) is 5.75 Å². The van der Waals surface area contributed by atoms with Crippen molar-refractivity contribution in [2.24, 2.45) is 0 Å². The van der Waals surface area contributed by atoms with Crippen molar-refractivity contribution in [2.75, 3.05) is 39.5 Å². The maximum absolute atomic E-state index is 11.2. The number of rotatable bonds is 6. The number of carboxylic acids is 1. The van der Waals surface area contributed by atoms with Crippen LogP contribution in [0.2, 0.25) is 10.0 Å². The van der Waals surface area contributed by atoms with Crippen LogP contribution in [-0.2, 0) is 4.74 Å². The number of morpholine rings is 1. The van der Waals surface area contributed by atoms with Crippen molar-refractivity contribution in [2.45, 2.75) is 6.92 Å². The van der Waals surface area contributed by atoms with Gasteiger partial charge in [0.2, 0.25) is 0 Å². The lowest BCUT2D eigenvalue weighted by Crippen LogP contribution is -2.38. The molecule has 0 spiro atoms. The molecule has 0 radical (unpaired) electrons. The van der Waals surface area contributed by atoms with E-state index in [4.69, 9.17) is 32.7 Å². The summed E-state index contributed by atoms with van der Waals surface area (Å²) in [6, 6.07) is 3.39. The van der Waals surface area contributed by atoms with Gasteiger partial charge in [0.1, 0.15) is 16.5 Å². The summed E-state index contributed by atoms with van der Waals surface area (Å²) in [6.07, 6.45) is 0. The molecule has 0 atom stereocenters. The van der Waals surface area contributed by atoms with Crippen molar-refractivity contribution in [3.05, 3.63) is 32.7 Å². The van der Waals surface area contributed by atoms with Crippen molar-refractivity contribution in [3.8, 4) is 16.3 Å².